The van der Waals surface area contributed by atoms with Crippen molar-refractivity contribution in [1.82, 2.24) is 9.97 Å². The topological polar surface area (TPSA) is 57.8 Å². The van der Waals surface area contributed by atoms with Crippen molar-refractivity contribution in [2.45, 2.75) is 33.1 Å². The second-order valence-electron chi connectivity index (χ2n) is 4.05. The Morgan fingerprint density at radius 1 is 1.50 bits per heavy atom. The number of amides is 1. The van der Waals surface area contributed by atoms with Gasteiger partial charge in [-0.1, -0.05) is 20.3 Å². The zero-order chi connectivity index (χ0) is 13.0. The first-order valence-electron chi connectivity index (χ1n) is 6.16. The molecule has 0 spiro atoms. The van der Waals surface area contributed by atoms with Crippen LogP contribution in [0.15, 0.2) is 18.5 Å². The van der Waals surface area contributed by atoms with Gasteiger partial charge in [0.25, 0.3) is 5.91 Å². The Morgan fingerprint density at radius 2 is 2.33 bits per heavy atom. The summed E-state index contributed by atoms with van der Waals surface area (Å²) in [6.07, 6.45) is 6.42. The van der Waals surface area contributed by atoms with E-state index in [4.69, 9.17) is 0 Å². The summed E-state index contributed by atoms with van der Waals surface area (Å²) in [5.74, 6) is 0.399. The van der Waals surface area contributed by atoms with Crippen LogP contribution in [0.3, 0.4) is 0 Å². The third-order valence-corrected chi connectivity index (χ3v) is 3.94. The van der Waals surface area contributed by atoms with Crippen molar-refractivity contribution in [1.29, 1.82) is 0 Å². The zero-order valence-corrected chi connectivity index (χ0v) is 11.4. The number of thiophene rings is 1. The standard InChI is InChI=1S/C13H17N3OS/c1-3-5-10-9(4-2)8-11(18-10)12(17)16-13-14-6-7-15-13/h6-8H,3-5H2,1-2H3,(H2,14,15,16,17). The fraction of sp³-hybridized carbons (Fsp3) is 0.385. The molecule has 2 heterocycles. The highest BCUT2D eigenvalue weighted by molar-refractivity contribution is 7.14. The fourth-order valence-corrected chi connectivity index (χ4v) is 3.07. The van der Waals surface area contributed by atoms with Crippen molar-refractivity contribution < 1.29 is 4.79 Å². The molecule has 2 aromatic heterocycles. The van der Waals surface area contributed by atoms with Crippen LogP contribution in [0.1, 0.15) is 40.4 Å². The number of hydrogen-bond acceptors (Lipinski definition) is 3. The molecule has 96 valence electrons. The molecule has 0 atom stereocenters. The molecule has 0 fully saturated rings. The molecular formula is C13H17N3OS. The maximum atomic E-state index is 12.0. The Labute approximate surface area is 110 Å². The molecule has 2 N–H and O–H groups in total. The maximum Gasteiger partial charge on any atom is 0.268 e. The smallest absolute Gasteiger partial charge is 0.268 e. The van der Waals surface area contributed by atoms with Gasteiger partial charge in [-0.25, -0.2) is 4.98 Å². The molecule has 0 aliphatic rings. The molecule has 0 saturated carbocycles. The number of aromatic amines is 1. The van der Waals surface area contributed by atoms with Crippen LogP contribution in [-0.4, -0.2) is 15.9 Å². The number of carbonyl (C=O) groups excluding carboxylic acids is 1. The first-order chi connectivity index (χ1) is 8.74. The number of carbonyl (C=O) groups is 1. The van der Waals surface area contributed by atoms with E-state index in [1.807, 2.05) is 6.07 Å². The Balaban J connectivity index is 2.15. The normalized spacial score (nSPS) is 10.6. The van der Waals surface area contributed by atoms with Crippen molar-refractivity contribution >= 4 is 23.2 Å². The number of anilines is 1. The van der Waals surface area contributed by atoms with Crippen LogP contribution in [0, 0.1) is 0 Å². The summed E-state index contributed by atoms with van der Waals surface area (Å²) in [6.45, 7) is 4.27. The minimum atomic E-state index is -0.0907. The lowest BCUT2D eigenvalue weighted by molar-refractivity contribution is 0.102. The Kier molecular flexibility index (Phi) is 4.15. The molecule has 0 aliphatic heterocycles. The van der Waals surface area contributed by atoms with E-state index in [1.54, 1.807) is 23.7 Å². The van der Waals surface area contributed by atoms with Gasteiger partial charge in [0.1, 0.15) is 0 Å². The summed E-state index contributed by atoms with van der Waals surface area (Å²) in [4.78, 5) is 21.0. The highest BCUT2D eigenvalue weighted by Gasteiger charge is 2.14. The van der Waals surface area contributed by atoms with Crippen molar-refractivity contribution in [2.75, 3.05) is 5.32 Å². The van der Waals surface area contributed by atoms with Crippen molar-refractivity contribution in [3.63, 3.8) is 0 Å². The highest BCUT2D eigenvalue weighted by Crippen LogP contribution is 2.25. The molecule has 0 aromatic carbocycles. The summed E-state index contributed by atoms with van der Waals surface area (Å²) < 4.78 is 0. The van der Waals surface area contributed by atoms with Crippen molar-refractivity contribution in [3.8, 4) is 0 Å². The highest BCUT2D eigenvalue weighted by atomic mass is 32.1. The van der Waals surface area contributed by atoms with Crippen LogP contribution in [0.5, 0.6) is 0 Å². The monoisotopic (exact) mass is 263 g/mol. The zero-order valence-electron chi connectivity index (χ0n) is 10.6. The molecule has 2 rings (SSSR count). The van der Waals surface area contributed by atoms with Crippen LogP contribution in [-0.2, 0) is 12.8 Å². The van der Waals surface area contributed by atoms with Gasteiger partial charge in [-0.2, -0.15) is 0 Å². The minimum Gasteiger partial charge on any atom is -0.331 e. The summed E-state index contributed by atoms with van der Waals surface area (Å²) >= 11 is 1.58. The van der Waals surface area contributed by atoms with Gasteiger partial charge in [0.2, 0.25) is 5.95 Å². The van der Waals surface area contributed by atoms with E-state index in [-0.39, 0.29) is 5.91 Å². The fourth-order valence-electron chi connectivity index (χ4n) is 1.82. The third kappa shape index (κ3) is 2.79. The maximum absolute atomic E-state index is 12.0. The molecule has 0 aliphatic carbocycles. The number of rotatable bonds is 5. The molecular weight excluding hydrogens is 246 g/mol. The Bertz CT molecular complexity index is 516. The molecule has 5 heteroatoms. The van der Waals surface area contributed by atoms with E-state index in [0.717, 1.165) is 24.1 Å². The number of aromatic nitrogens is 2. The molecule has 4 nitrogen and oxygen atoms in total. The van der Waals surface area contributed by atoms with Gasteiger partial charge >= 0.3 is 0 Å². The Morgan fingerprint density at radius 3 is 2.94 bits per heavy atom. The van der Waals surface area contributed by atoms with E-state index in [9.17, 15) is 4.79 Å². The van der Waals surface area contributed by atoms with Gasteiger partial charge in [-0.3, -0.25) is 10.1 Å². The van der Waals surface area contributed by atoms with E-state index in [1.165, 1.54) is 10.4 Å². The molecule has 1 amide bonds. The first-order valence-corrected chi connectivity index (χ1v) is 6.98. The van der Waals surface area contributed by atoms with Crippen molar-refractivity contribution in [3.05, 3.63) is 33.8 Å². The van der Waals surface area contributed by atoms with Crippen LogP contribution in [0.4, 0.5) is 5.95 Å². The molecule has 0 bridgehead atoms. The predicted octanol–water partition coefficient (Wildman–Crippen LogP) is 3.24. The number of aryl methyl sites for hydroxylation is 2. The largest absolute Gasteiger partial charge is 0.331 e. The quantitative estimate of drug-likeness (QED) is 0.870. The minimum absolute atomic E-state index is 0.0907. The van der Waals surface area contributed by atoms with Gasteiger partial charge in [0, 0.05) is 17.3 Å². The lowest BCUT2D eigenvalue weighted by atomic mass is 10.1. The van der Waals surface area contributed by atoms with Crippen LogP contribution >= 0.6 is 11.3 Å². The average Bonchev–Trinajstić information content (AvgIpc) is 2.98. The van der Waals surface area contributed by atoms with E-state index < -0.39 is 0 Å². The number of hydrogen-bond donors (Lipinski definition) is 2. The molecule has 18 heavy (non-hydrogen) atoms. The summed E-state index contributed by atoms with van der Waals surface area (Å²) in [5, 5.41) is 2.75. The molecule has 0 unspecified atom stereocenters. The SMILES string of the molecule is CCCc1sc(C(=O)Nc2ncc[nH]2)cc1CC. The number of nitrogens with zero attached hydrogens (tertiary/aromatic N) is 1. The number of imidazole rings is 1. The summed E-state index contributed by atoms with van der Waals surface area (Å²) in [6, 6.07) is 1.99. The number of nitrogens with one attached hydrogen (secondary N) is 2. The van der Waals surface area contributed by atoms with E-state index in [0.29, 0.717) is 5.95 Å². The Hall–Kier alpha value is -1.62. The van der Waals surface area contributed by atoms with Gasteiger partial charge in [0.05, 0.1) is 4.88 Å². The lowest BCUT2D eigenvalue weighted by Crippen LogP contribution is -2.11. The van der Waals surface area contributed by atoms with E-state index in [2.05, 4.69) is 29.1 Å². The van der Waals surface area contributed by atoms with Crippen LogP contribution in [0.25, 0.3) is 0 Å². The summed E-state index contributed by atoms with van der Waals surface area (Å²) in [7, 11) is 0. The average molecular weight is 263 g/mol. The lowest BCUT2D eigenvalue weighted by Gasteiger charge is -1.97. The molecule has 2 aromatic rings. The molecule has 0 saturated heterocycles. The second-order valence-corrected chi connectivity index (χ2v) is 5.19. The van der Waals surface area contributed by atoms with E-state index >= 15 is 0 Å². The van der Waals surface area contributed by atoms with Crippen molar-refractivity contribution in [2.24, 2.45) is 0 Å². The second kappa shape index (κ2) is 5.82. The first kappa shape index (κ1) is 12.8. The van der Waals surface area contributed by atoms with Gasteiger partial charge in [-0.05, 0) is 24.5 Å². The van der Waals surface area contributed by atoms with Crippen LogP contribution in [0.2, 0.25) is 0 Å². The van der Waals surface area contributed by atoms with Gasteiger partial charge < -0.3 is 4.98 Å². The van der Waals surface area contributed by atoms with Gasteiger partial charge in [-0.15, -0.1) is 11.3 Å². The summed E-state index contributed by atoms with van der Waals surface area (Å²) in [5.41, 5.74) is 1.28. The third-order valence-electron chi connectivity index (χ3n) is 2.71. The number of H-pyrrole nitrogens is 1. The predicted molar refractivity (Wildman–Crippen MR) is 74.2 cm³/mol. The molecule has 0 radical (unpaired) electrons. The van der Waals surface area contributed by atoms with Gasteiger partial charge in [0.15, 0.2) is 0 Å². The van der Waals surface area contributed by atoms with Crippen LogP contribution < -0.4 is 5.32 Å².